The second kappa shape index (κ2) is 7.65. The molecule has 0 aromatic carbocycles. The van der Waals surface area contributed by atoms with Crippen LogP contribution >= 0.6 is 0 Å². The molecular formula is C11H24N2O2. The van der Waals surface area contributed by atoms with E-state index in [9.17, 15) is 4.79 Å². The predicted molar refractivity (Wildman–Crippen MR) is 61.5 cm³/mol. The molecule has 0 spiro atoms. The average Bonchev–Trinajstić information content (AvgIpc) is 2.15. The van der Waals surface area contributed by atoms with Gasteiger partial charge < -0.3 is 15.8 Å². The van der Waals surface area contributed by atoms with Crippen molar-refractivity contribution in [2.24, 2.45) is 17.6 Å². The van der Waals surface area contributed by atoms with Crippen LogP contribution in [-0.2, 0) is 9.53 Å². The first kappa shape index (κ1) is 14.4. The van der Waals surface area contributed by atoms with Crippen molar-refractivity contribution in [3.05, 3.63) is 0 Å². The zero-order valence-electron chi connectivity index (χ0n) is 10.2. The SMILES string of the molecule is CCOC(C)CNC(=O)C(CN)C(C)C. The molecule has 4 nitrogen and oxygen atoms in total. The highest BCUT2D eigenvalue weighted by molar-refractivity contribution is 5.79. The van der Waals surface area contributed by atoms with E-state index < -0.39 is 0 Å². The number of ether oxygens (including phenoxy) is 1. The number of nitrogens with two attached hydrogens (primary N) is 1. The zero-order valence-corrected chi connectivity index (χ0v) is 10.2. The highest BCUT2D eigenvalue weighted by Crippen LogP contribution is 2.08. The molecule has 0 aromatic rings. The summed E-state index contributed by atoms with van der Waals surface area (Å²) in [7, 11) is 0. The first-order chi connectivity index (χ1) is 7.02. The fourth-order valence-electron chi connectivity index (χ4n) is 1.40. The Balaban J connectivity index is 3.90. The van der Waals surface area contributed by atoms with Gasteiger partial charge in [0.05, 0.1) is 12.0 Å². The molecule has 2 atom stereocenters. The quantitative estimate of drug-likeness (QED) is 0.660. The molecule has 0 saturated carbocycles. The van der Waals surface area contributed by atoms with Crippen LogP contribution in [0.5, 0.6) is 0 Å². The van der Waals surface area contributed by atoms with E-state index in [0.29, 0.717) is 19.7 Å². The Morgan fingerprint density at radius 2 is 2.00 bits per heavy atom. The molecule has 0 fully saturated rings. The largest absolute Gasteiger partial charge is 0.377 e. The van der Waals surface area contributed by atoms with Gasteiger partial charge in [-0.15, -0.1) is 0 Å². The second-order valence-corrected chi connectivity index (χ2v) is 4.10. The van der Waals surface area contributed by atoms with Crippen LogP contribution in [0.4, 0.5) is 0 Å². The van der Waals surface area contributed by atoms with Crippen molar-refractivity contribution < 1.29 is 9.53 Å². The lowest BCUT2D eigenvalue weighted by molar-refractivity contribution is -0.126. The minimum absolute atomic E-state index is 0.0269. The average molecular weight is 216 g/mol. The maximum Gasteiger partial charge on any atom is 0.224 e. The molecule has 0 aromatic heterocycles. The van der Waals surface area contributed by atoms with Crippen molar-refractivity contribution in [3.8, 4) is 0 Å². The standard InChI is InChI=1S/C11H24N2O2/c1-5-15-9(4)7-13-11(14)10(6-12)8(2)3/h8-10H,5-7,12H2,1-4H3,(H,13,14). The number of hydrogen-bond acceptors (Lipinski definition) is 3. The van der Waals surface area contributed by atoms with Gasteiger partial charge in [0.2, 0.25) is 5.91 Å². The molecule has 0 saturated heterocycles. The fraction of sp³-hybridized carbons (Fsp3) is 0.909. The monoisotopic (exact) mass is 216 g/mol. The number of carbonyl (C=O) groups is 1. The number of nitrogens with one attached hydrogen (secondary N) is 1. The molecule has 2 unspecified atom stereocenters. The number of rotatable bonds is 7. The van der Waals surface area contributed by atoms with Gasteiger partial charge in [0.15, 0.2) is 0 Å². The highest BCUT2D eigenvalue weighted by atomic mass is 16.5. The molecular weight excluding hydrogens is 192 g/mol. The molecule has 0 rings (SSSR count). The van der Waals surface area contributed by atoms with Crippen LogP contribution in [0.25, 0.3) is 0 Å². The van der Waals surface area contributed by atoms with Crippen LogP contribution in [0.1, 0.15) is 27.7 Å². The first-order valence-electron chi connectivity index (χ1n) is 5.62. The number of hydrogen-bond donors (Lipinski definition) is 2. The van der Waals surface area contributed by atoms with Crippen LogP contribution in [0, 0.1) is 11.8 Å². The van der Waals surface area contributed by atoms with Crippen LogP contribution in [0.15, 0.2) is 0 Å². The molecule has 15 heavy (non-hydrogen) atoms. The van der Waals surface area contributed by atoms with Crippen molar-refractivity contribution >= 4 is 5.91 Å². The third kappa shape index (κ3) is 5.74. The Hall–Kier alpha value is -0.610. The summed E-state index contributed by atoms with van der Waals surface area (Å²) in [5, 5.41) is 2.86. The molecule has 90 valence electrons. The van der Waals surface area contributed by atoms with Gasteiger partial charge in [-0.05, 0) is 19.8 Å². The van der Waals surface area contributed by atoms with Crippen molar-refractivity contribution in [3.63, 3.8) is 0 Å². The summed E-state index contributed by atoms with van der Waals surface area (Å²) in [6.07, 6.45) is 0.0598. The highest BCUT2D eigenvalue weighted by Gasteiger charge is 2.20. The number of amides is 1. The summed E-state index contributed by atoms with van der Waals surface area (Å²) in [6.45, 7) is 9.50. The normalized spacial score (nSPS) is 15.1. The lowest BCUT2D eigenvalue weighted by Gasteiger charge is -2.20. The first-order valence-corrected chi connectivity index (χ1v) is 5.62. The maximum absolute atomic E-state index is 11.7. The fourth-order valence-corrected chi connectivity index (χ4v) is 1.40. The molecule has 0 bridgehead atoms. The minimum atomic E-state index is -0.0983. The Morgan fingerprint density at radius 1 is 1.40 bits per heavy atom. The third-order valence-corrected chi connectivity index (χ3v) is 2.41. The van der Waals surface area contributed by atoms with Crippen molar-refractivity contribution in [1.29, 1.82) is 0 Å². The second-order valence-electron chi connectivity index (χ2n) is 4.10. The van der Waals surface area contributed by atoms with Gasteiger partial charge in [-0.1, -0.05) is 13.8 Å². The molecule has 1 amide bonds. The molecule has 0 aliphatic heterocycles. The summed E-state index contributed by atoms with van der Waals surface area (Å²) < 4.78 is 5.32. The molecule has 0 aliphatic rings. The van der Waals surface area contributed by atoms with E-state index >= 15 is 0 Å². The summed E-state index contributed by atoms with van der Waals surface area (Å²) >= 11 is 0. The van der Waals surface area contributed by atoms with Crippen molar-refractivity contribution in [2.45, 2.75) is 33.8 Å². The summed E-state index contributed by atoms with van der Waals surface area (Å²) in [6, 6.07) is 0. The maximum atomic E-state index is 11.7. The molecule has 0 heterocycles. The minimum Gasteiger partial charge on any atom is -0.377 e. The Bertz CT molecular complexity index is 183. The zero-order chi connectivity index (χ0) is 11.8. The van der Waals surface area contributed by atoms with Gasteiger partial charge >= 0.3 is 0 Å². The Labute approximate surface area is 92.6 Å². The van der Waals surface area contributed by atoms with E-state index in [2.05, 4.69) is 5.32 Å². The summed E-state index contributed by atoms with van der Waals surface area (Å²) in [4.78, 5) is 11.7. The van der Waals surface area contributed by atoms with E-state index in [1.807, 2.05) is 27.7 Å². The van der Waals surface area contributed by atoms with Gasteiger partial charge in [0.25, 0.3) is 0 Å². The van der Waals surface area contributed by atoms with Gasteiger partial charge in [0.1, 0.15) is 0 Å². The van der Waals surface area contributed by atoms with E-state index in [-0.39, 0.29) is 23.8 Å². The van der Waals surface area contributed by atoms with Crippen LogP contribution in [0.3, 0.4) is 0 Å². The molecule has 0 radical (unpaired) electrons. The summed E-state index contributed by atoms with van der Waals surface area (Å²) in [5.74, 6) is 0.204. The topological polar surface area (TPSA) is 64.3 Å². The lowest BCUT2D eigenvalue weighted by atomic mass is 9.95. The van der Waals surface area contributed by atoms with Gasteiger partial charge in [-0.2, -0.15) is 0 Å². The van der Waals surface area contributed by atoms with Crippen LogP contribution < -0.4 is 11.1 Å². The van der Waals surface area contributed by atoms with E-state index in [1.54, 1.807) is 0 Å². The number of carbonyl (C=O) groups excluding carboxylic acids is 1. The van der Waals surface area contributed by atoms with Crippen molar-refractivity contribution in [2.75, 3.05) is 19.7 Å². The molecule has 3 N–H and O–H groups in total. The van der Waals surface area contributed by atoms with E-state index in [4.69, 9.17) is 10.5 Å². The smallest absolute Gasteiger partial charge is 0.224 e. The third-order valence-electron chi connectivity index (χ3n) is 2.41. The summed E-state index contributed by atoms with van der Waals surface area (Å²) in [5.41, 5.74) is 5.55. The van der Waals surface area contributed by atoms with Crippen molar-refractivity contribution in [1.82, 2.24) is 5.32 Å². The van der Waals surface area contributed by atoms with Crippen LogP contribution in [-0.4, -0.2) is 31.7 Å². The lowest BCUT2D eigenvalue weighted by Crippen LogP contribution is -2.41. The Kier molecular flexibility index (Phi) is 7.34. The van der Waals surface area contributed by atoms with E-state index in [1.165, 1.54) is 0 Å². The molecule has 0 aliphatic carbocycles. The molecule has 4 heteroatoms. The van der Waals surface area contributed by atoms with Gasteiger partial charge in [-0.3, -0.25) is 4.79 Å². The Morgan fingerprint density at radius 3 is 2.40 bits per heavy atom. The van der Waals surface area contributed by atoms with Gasteiger partial charge in [-0.25, -0.2) is 0 Å². The van der Waals surface area contributed by atoms with E-state index in [0.717, 1.165) is 0 Å². The van der Waals surface area contributed by atoms with Crippen LogP contribution in [0.2, 0.25) is 0 Å². The predicted octanol–water partition coefficient (Wildman–Crippen LogP) is 0.759. The van der Waals surface area contributed by atoms with Gasteiger partial charge in [0, 0.05) is 19.7 Å².